The lowest BCUT2D eigenvalue weighted by atomic mass is 10.2. The monoisotopic (exact) mass is 475 g/mol. The highest BCUT2D eigenvalue weighted by atomic mass is 32.2. The van der Waals surface area contributed by atoms with E-state index in [0.29, 0.717) is 22.2 Å². The van der Waals surface area contributed by atoms with Gasteiger partial charge in [-0.3, -0.25) is 10.1 Å². The van der Waals surface area contributed by atoms with Gasteiger partial charge in [0.1, 0.15) is 0 Å². The summed E-state index contributed by atoms with van der Waals surface area (Å²) in [5, 5.41) is 20.9. The Morgan fingerprint density at radius 1 is 1.06 bits per heavy atom. The first kappa shape index (κ1) is 20.4. The first-order chi connectivity index (χ1) is 15.7. The number of para-hydroxylation sites is 1. The Balaban J connectivity index is 1.22. The minimum Gasteiger partial charge on any atom is -0.448 e. The van der Waals surface area contributed by atoms with Gasteiger partial charge in [-0.15, -0.1) is 21.5 Å². The molecule has 2 aromatic carbocycles. The van der Waals surface area contributed by atoms with Crippen LogP contribution in [0.4, 0.5) is 5.13 Å². The molecule has 7 nitrogen and oxygen atoms in total. The van der Waals surface area contributed by atoms with Gasteiger partial charge >= 0.3 is 0 Å². The summed E-state index contributed by atoms with van der Waals surface area (Å²) in [6.07, 6.45) is 0. The lowest BCUT2D eigenvalue weighted by molar-refractivity contribution is 0.0997. The van der Waals surface area contributed by atoms with E-state index in [1.165, 1.54) is 34.4 Å². The third-order valence-electron chi connectivity index (χ3n) is 4.41. The van der Waals surface area contributed by atoms with E-state index < -0.39 is 5.91 Å². The van der Waals surface area contributed by atoms with E-state index in [1.54, 1.807) is 24.3 Å². The molecular formula is C22H13N5O2S3. The average Bonchev–Trinajstić information content (AvgIpc) is 3.57. The second kappa shape index (κ2) is 8.92. The summed E-state index contributed by atoms with van der Waals surface area (Å²) in [5.41, 5.74) is 2.60. The zero-order chi connectivity index (χ0) is 21.9. The molecule has 0 atom stereocenters. The molecule has 0 saturated heterocycles. The Morgan fingerprint density at radius 3 is 2.72 bits per heavy atom. The highest BCUT2D eigenvalue weighted by Gasteiger charge is 2.17. The predicted octanol–water partition coefficient (Wildman–Crippen LogP) is 5.82. The van der Waals surface area contributed by atoms with Gasteiger partial charge in [0.05, 0.1) is 21.8 Å². The molecule has 3 aromatic heterocycles. The Bertz CT molecular complexity index is 1410. The number of nitriles is 1. The fourth-order valence-corrected chi connectivity index (χ4v) is 5.48. The number of hydrogen-bond donors (Lipinski definition) is 1. The van der Waals surface area contributed by atoms with Crippen LogP contribution in [0, 0.1) is 11.3 Å². The molecule has 156 valence electrons. The Kier molecular flexibility index (Phi) is 5.68. The SMILES string of the molecule is N#Cc1ccc(CSc2nnc(NC(=O)c3ccc(-c4nc5ccccc5s4)o3)s2)cc1. The van der Waals surface area contributed by atoms with Crippen LogP contribution in [0.25, 0.3) is 21.0 Å². The van der Waals surface area contributed by atoms with Crippen molar-refractivity contribution in [2.45, 2.75) is 10.1 Å². The number of carbonyl (C=O) groups is 1. The van der Waals surface area contributed by atoms with E-state index in [1.807, 2.05) is 36.4 Å². The molecule has 0 radical (unpaired) electrons. The van der Waals surface area contributed by atoms with Crippen LogP contribution in [0.1, 0.15) is 21.7 Å². The summed E-state index contributed by atoms with van der Waals surface area (Å²) in [6, 6.07) is 20.7. The molecule has 10 heteroatoms. The molecule has 0 unspecified atom stereocenters. The molecule has 0 saturated carbocycles. The van der Waals surface area contributed by atoms with Crippen LogP contribution in [-0.4, -0.2) is 21.1 Å². The Morgan fingerprint density at radius 2 is 1.91 bits per heavy atom. The fourth-order valence-electron chi connectivity index (χ4n) is 2.85. The molecule has 5 rings (SSSR count). The second-order valence-electron chi connectivity index (χ2n) is 6.58. The van der Waals surface area contributed by atoms with Gasteiger partial charge in [0.15, 0.2) is 20.9 Å². The number of amides is 1. The number of benzene rings is 2. The van der Waals surface area contributed by atoms with E-state index in [0.717, 1.165) is 25.1 Å². The molecule has 3 heterocycles. The zero-order valence-corrected chi connectivity index (χ0v) is 18.8. The van der Waals surface area contributed by atoms with E-state index in [9.17, 15) is 4.79 Å². The average molecular weight is 476 g/mol. The van der Waals surface area contributed by atoms with Crippen molar-refractivity contribution in [1.82, 2.24) is 15.2 Å². The van der Waals surface area contributed by atoms with Crippen LogP contribution in [0.2, 0.25) is 0 Å². The van der Waals surface area contributed by atoms with Crippen molar-refractivity contribution < 1.29 is 9.21 Å². The van der Waals surface area contributed by atoms with Crippen LogP contribution in [-0.2, 0) is 5.75 Å². The van der Waals surface area contributed by atoms with Crippen molar-refractivity contribution in [3.63, 3.8) is 0 Å². The number of nitrogens with one attached hydrogen (secondary N) is 1. The first-order valence-corrected chi connectivity index (χ1v) is 12.0. The van der Waals surface area contributed by atoms with E-state index in [4.69, 9.17) is 9.68 Å². The zero-order valence-electron chi connectivity index (χ0n) is 16.3. The normalized spacial score (nSPS) is 10.8. The molecule has 0 aliphatic carbocycles. The van der Waals surface area contributed by atoms with E-state index in [2.05, 4.69) is 26.6 Å². The molecule has 0 fully saturated rings. The molecule has 0 aliphatic rings. The third-order valence-corrected chi connectivity index (χ3v) is 7.50. The van der Waals surface area contributed by atoms with Gasteiger partial charge in [0.2, 0.25) is 5.13 Å². The number of furan rings is 1. The second-order valence-corrected chi connectivity index (χ2v) is 9.81. The summed E-state index contributed by atoms with van der Waals surface area (Å²) < 4.78 is 7.52. The summed E-state index contributed by atoms with van der Waals surface area (Å²) in [7, 11) is 0. The molecule has 0 spiro atoms. The number of thiazole rings is 1. The number of anilines is 1. The quantitative estimate of drug-likeness (QED) is 0.243. The van der Waals surface area contributed by atoms with Crippen LogP contribution in [0.15, 0.2) is 69.4 Å². The highest BCUT2D eigenvalue weighted by molar-refractivity contribution is 8.00. The van der Waals surface area contributed by atoms with Crippen LogP contribution < -0.4 is 5.32 Å². The van der Waals surface area contributed by atoms with Crippen molar-refractivity contribution in [2.24, 2.45) is 0 Å². The van der Waals surface area contributed by atoms with Gasteiger partial charge in [-0.2, -0.15) is 5.26 Å². The van der Waals surface area contributed by atoms with Crippen LogP contribution >= 0.6 is 34.4 Å². The Labute approximate surface area is 194 Å². The maximum Gasteiger partial charge on any atom is 0.293 e. The summed E-state index contributed by atoms with van der Waals surface area (Å²) in [6.45, 7) is 0. The molecule has 1 N–H and O–H groups in total. The molecule has 5 aromatic rings. The fraction of sp³-hybridized carbons (Fsp3) is 0.0455. The van der Waals surface area contributed by atoms with Crippen molar-refractivity contribution in [3.05, 3.63) is 77.6 Å². The third kappa shape index (κ3) is 4.40. The number of thioether (sulfide) groups is 1. The van der Waals surface area contributed by atoms with Crippen LogP contribution in [0.5, 0.6) is 0 Å². The lowest BCUT2D eigenvalue weighted by Crippen LogP contribution is -2.10. The maximum absolute atomic E-state index is 12.6. The molecular weight excluding hydrogens is 462 g/mol. The van der Waals surface area contributed by atoms with Crippen molar-refractivity contribution in [1.29, 1.82) is 5.26 Å². The van der Waals surface area contributed by atoms with Crippen LogP contribution in [0.3, 0.4) is 0 Å². The van der Waals surface area contributed by atoms with Crippen molar-refractivity contribution in [2.75, 3.05) is 5.32 Å². The molecule has 0 bridgehead atoms. The Hall–Kier alpha value is -3.52. The number of rotatable bonds is 6. The van der Waals surface area contributed by atoms with E-state index in [-0.39, 0.29) is 5.76 Å². The first-order valence-electron chi connectivity index (χ1n) is 9.40. The number of fused-ring (bicyclic) bond motifs is 1. The van der Waals surface area contributed by atoms with Crippen molar-refractivity contribution >= 4 is 55.7 Å². The van der Waals surface area contributed by atoms with E-state index >= 15 is 0 Å². The van der Waals surface area contributed by atoms with Gasteiger partial charge in [-0.1, -0.05) is 47.4 Å². The van der Waals surface area contributed by atoms with Crippen molar-refractivity contribution in [3.8, 4) is 16.8 Å². The summed E-state index contributed by atoms with van der Waals surface area (Å²) >= 11 is 4.32. The topological polar surface area (TPSA) is 105 Å². The van der Waals surface area contributed by atoms with Gasteiger partial charge < -0.3 is 4.42 Å². The summed E-state index contributed by atoms with van der Waals surface area (Å²) in [4.78, 5) is 17.1. The smallest absolute Gasteiger partial charge is 0.293 e. The molecule has 32 heavy (non-hydrogen) atoms. The largest absolute Gasteiger partial charge is 0.448 e. The van der Waals surface area contributed by atoms with Gasteiger partial charge in [0.25, 0.3) is 5.91 Å². The lowest BCUT2D eigenvalue weighted by Gasteiger charge is -1.98. The predicted molar refractivity (Wildman–Crippen MR) is 126 cm³/mol. The highest BCUT2D eigenvalue weighted by Crippen LogP contribution is 2.32. The molecule has 0 aliphatic heterocycles. The maximum atomic E-state index is 12.6. The van der Waals surface area contributed by atoms with Gasteiger partial charge in [-0.05, 0) is 42.0 Å². The number of nitrogens with zero attached hydrogens (tertiary/aromatic N) is 4. The van der Waals surface area contributed by atoms with Gasteiger partial charge in [-0.25, -0.2) is 4.98 Å². The minimum absolute atomic E-state index is 0.182. The number of aromatic nitrogens is 3. The summed E-state index contributed by atoms with van der Waals surface area (Å²) in [5.74, 6) is 1.03. The standard InChI is InChI=1S/C22H13N5O2S3/c23-11-13-5-7-14(8-6-13)12-30-22-27-26-21(32-22)25-19(28)16-9-10-17(29-16)20-24-15-3-1-2-4-18(15)31-20/h1-10H,12H2,(H,25,26,28). The van der Waals surface area contributed by atoms with Gasteiger partial charge in [0, 0.05) is 5.75 Å². The molecule has 1 amide bonds. The minimum atomic E-state index is -0.392. The number of hydrogen-bond acceptors (Lipinski definition) is 9. The number of carbonyl (C=O) groups excluding carboxylic acids is 1.